The van der Waals surface area contributed by atoms with E-state index in [2.05, 4.69) is 38.1 Å². The van der Waals surface area contributed by atoms with Crippen LogP contribution in [0, 0.1) is 0 Å². The highest BCUT2D eigenvalue weighted by Gasteiger charge is 2.11. The second-order valence-electron chi connectivity index (χ2n) is 5.56. The molecule has 0 heterocycles. The highest BCUT2D eigenvalue weighted by Crippen LogP contribution is 2.30. The Morgan fingerprint density at radius 3 is 2.19 bits per heavy atom. The van der Waals surface area contributed by atoms with Gasteiger partial charge in [0.1, 0.15) is 0 Å². The molecule has 3 aromatic carbocycles. The van der Waals surface area contributed by atoms with Crippen molar-refractivity contribution in [1.82, 2.24) is 0 Å². The van der Waals surface area contributed by atoms with Crippen LogP contribution in [0.1, 0.15) is 0 Å². The molecule has 0 bridgehead atoms. The highest BCUT2D eigenvalue weighted by molar-refractivity contribution is 9.10. The van der Waals surface area contributed by atoms with Gasteiger partial charge in [0, 0.05) is 21.3 Å². The Kier molecular flexibility index (Phi) is 5.83. The van der Waals surface area contributed by atoms with Crippen LogP contribution in [0.2, 0.25) is 0 Å². The lowest BCUT2D eigenvalue weighted by Gasteiger charge is -2.06. The molecule has 0 aromatic heterocycles. The van der Waals surface area contributed by atoms with Crippen LogP contribution in [0.3, 0.4) is 0 Å². The normalized spacial score (nSPS) is 11.4. The molecule has 0 saturated carbocycles. The molecule has 0 spiro atoms. The van der Waals surface area contributed by atoms with Crippen molar-refractivity contribution in [3.05, 3.63) is 89.3 Å². The molecule has 5 nitrogen and oxygen atoms in total. The van der Waals surface area contributed by atoms with E-state index in [4.69, 9.17) is 0 Å². The molecule has 0 saturated heterocycles. The molecule has 0 aliphatic heterocycles. The summed E-state index contributed by atoms with van der Waals surface area (Å²) in [6.07, 6.45) is 0. The lowest BCUT2D eigenvalue weighted by Crippen LogP contribution is -1.94. The van der Waals surface area contributed by atoms with Gasteiger partial charge in [-0.05, 0) is 70.5 Å². The first kappa shape index (κ1) is 19.0. The topological polar surface area (TPSA) is 70.9 Å². The number of hydrogen-bond donors (Lipinski definition) is 1. The third kappa shape index (κ3) is 4.90. The van der Waals surface area contributed by atoms with Gasteiger partial charge in [-0.15, -0.1) is 5.11 Å². The predicted octanol–water partition coefficient (Wildman–Crippen LogP) is 6.53. The van der Waals surface area contributed by atoms with Crippen molar-refractivity contribution in [3.8, 4) is 0 Å². The van der Waals surface area contributed by atoms with Crippen molar-refractivity contribution in [2.45, 2.75) is 4.90 Å². The molecular weight excluding hydrogens is 426 g/mol. The van der Waals surface area contributed by atoms with Crippen molar-refractivity contribution in [1.29, 1.82) is 0 Å². The fourth-order valence-electron chi connectivity index (χ4n) is 2.25. The molecule has 7 heteroatoms. The number of rotatable bonds is 6. The molecule has 0 fully saturated rings. The summed E-state index contributed by atoms with van der Waals surface area (Å²) in [6, 6.07) is 21.9. The van der Waals surface area contributed by atoms with Gasteiger partial charge in [0.25, 0.3) is 0 Å². The van der Waals surface area contributed by atoms with E-state index in [0.29, 0.717) is 15.8 Å². The first-order valence-corrected chi connectivity index (χ1v) is 10.3. The van der Waals surface area contributed by atoms with Gasteiger partial charge in [0.15, 0.2) is 9.84 Å². The maximum absolute atomic E-state index is 11.8. The van der Waals surface area contributed by atoms with Crippen LogP contribution in [-0.4, -0.2) is 8.42 Å². The Morgan fingerprint density at radius 1 is 0.889 bits per heavy atom. The predicted molar refractivity (Wildman–Crippen MR) is 112 cm³/mol. The van der Waals surface area contributed by atoms with Crippen molar-refractivity contribution in [3.63, 3.8) is 0 Å². The summed E-state index contributed by atoms with van der Waals surface area (Å²) >= 11 is 3.33. The largest absolute Gasteiger partial charge is 0.356 e. The molecule has 1 N–H and O–H groups in total. The fraction of sp³-hybridized carbons (Fsp3) is 0. The number of halogens is 1. The summed E-state index contributed by atoms with van der Waals surface area (Å²) in [4.78, 5) is 0.152. The second kappa shape index (κ2) is 8.28. The Hall–Kier alpha value is -2.77. The number of benzene rings is 3. The highest BCUT2D eigenvalue weighted by atomic mass is 79.9. The average Bonchev–Trinajstić information content (AvgIpc) is 2.69. The van der Waals surface area contributed by atoms with Gasteiger partial charge in [0.2, 0.25) is 0 Å². The van der Waals surface area contributed by atoms with Gasteiger partial charge in [-0.25, -0.2) is 8.42 Å². The standard InChI is InChI=1S/C20H16BrN3O2S/c1-2-27(25,26)18-12-13-20(19(21)14-18)24-23-17-10-8-16(9-11-17)22-15-6-4-3-5-7-15/h2-14,22H,1H2. The van der Waals surface area contributed by atoms with Crippen LogP contribution in [0.15, 0.2) is 104 Å². The monoisotopic (exact) mass is 441 g/mol. The number of hydrogen-bond acceptors (Lipinski definition) is 5. The number of azo groups is 1. The molecule has 0 amide bonds. The van der Waals surface area contributed by atoms with Crippen molar-refractivity contribution < 1.29 is 8.42 Å². The number of sulfone groups is 1. The third-order valence-corrected chi connectivity index (χ3v) is 5.66. The van der Waals surface area contributed by atoms with Crippen LogP contribution >= 0.6 is 15.9 Å². The van der Waals surface area contributed by atoms with Gasteiger partial charge in [0.05, 0.1) is 16.3 Å². The zero-order valence-corrected chi connectivity index (χ0v) is 16.6. The lowest BCUT2D eigenvalue weighted by molar-refractivity contribution is 0.604. The molecule has 0 unspecified atom stereocenters. The number of nitrogens with zero attached hydrogens (tertiary/aromatic N) is 2. The first-order valence-electron chi connectivity index (χ1n) is 7.99. The molecule has 136 valence electrons. The van der Waals surface area contributed by atoms with Gasteiger partial charge < -0.3 is 5.32 Å². The van der Waals surface area contributed by atoms with Crippen LogP contribution in [-0.2, 0) is 9.84 Å². The maximum atomic E-state index is 11.8. The fourth-order valence-corrected chi connectivity index (χ4v) is 3.60. The van der Waals surface area contributed by atoms with Gasteiger partial charge in [-0.1, -0.05) is 24.8 Å². The minimum absolute atomic E-state index is 0.152. The summed E-state index contributed by atoms with van der Waals surface area (Å²) in [5.41, 5.74) is 3.17. The molecule has 0 radical (unpaired) electrons. The molecule has 0 atom stereocenters. The molecule has 3 rings (SSSR count). The number of anilines is 2. The van der Waals surface area contributed by atoms with Crippen LogP contribution in [0.4, 0.5) is 22.7 Å². The maximum Gasteiger partial charge on any atom is 0.199 e. The van der Waals surface area contributed by atoms with E-state index in [0.717, 1.165) is 16.8 Å². The van der Waals surface area contributed by atoms with Crippen molar-refractivity contribution in [2.75, 3.05) is 5.32 Å². The zero-order chi connectivity index (χ0) is 19.3. The molecule has 27 heavy (non-hydrogen) atoms. The van der Waals surface area contributed by atoms with Crippen LogP contribution < -0.4 is 5.32 Å². The van der Waals surface area contributed by atoms with Gasteiger partial charge in [-0.2, -0.15) is 5.11 Å². The quantitative estimate of drug-likeness (QED) is 0.442. The van der Waals surface area contributed by atoms with E-state index < -0.39 is 9.84 Å². The van der Waals surface area contributed by atoms with Crippen molar-refractivity contribution >= 4 is 48.5 Å². The Bertz CT molecular complexity index is 1080. The lowest BCUT2D eigenvalue weighted by atomic mass is 10.2. The summed E-state index contributed by atoms with van der Waals surface area (Å²) < 4.78 is 24.2. The SMILES string of the molecule is C=CS(=O)(=O)c1ccc(N=Nc2ccc(Nc3ccccc3)cc2)c(Br)c1. The zero-order valence-electron chi connectivity index (χ0n) is 14.2. The second-order valence-corrected chi connectivity index (χ2v) is 8.31. The molecule has 0 aliphatic rings. The molecule has 3 aromatic rings. The number of para-hydroxylation sites is 1. The third-order valence-electron chi connectivity index (χ3n) is 3.67. The minimum Gasteiger partial charge on any atom is -0.356 e. The smallest absolute Gasteiger partial charge is 0.199 e. The van der Waals surface area contributed by atoms with Crippen molar-refractivity contribution in [2.24, 2.45) is 10.2 Å². The van der Waals surface area contributed by atoms with E-state index in [9.17, 15) is 8.42 Å². The summed E-state index contributed by atoms with van der Waals surface area (Å²) in [5, 5.41) is 12.6. The van der Waals surface area contributed by atoms with E-state index in [1.165, 1.54) is 12.1 Å². The van der Waals surface area contributed by atoms with Gasteiger partial charge in [-0.3, -0.25) is 0 Å². The first-order chi connectivity index (χ1) is 13.0. The molecule has 0 aliphatic carbocycles. The summed E-state index contributed by atoms with van der Waals surface area (Å²) in [6.45, 7) is 3.32. The summed E-state index contributed by atoms with van der Waals surface area (Å²) in [7, 11) is -3.48. The Labute approximate surface area is 166 Å². The van der Waals surface area contributed by atoms with E-state index >= 15 is 0 Å². The van der Waals surface area contributed by atoms with E-state index in [1.807, 2.05) is 54.6 Å². The Balaban J connectivity index is 1.73. The minimum atomic E-state index is -3.48. The van der Waals surface area contributed by atoms with E-state index in [-0.39, 0.29) is 4.90 Å². The van der Waals surface area contributed by atoms with Crippen LogP contribution in [0.5, 0.6) is 0 Å². The Morgan fingerprint density at radius 2 is 1.56 bits per heavy atom. The van der Waals surface area contributed by atoms with Crippen LogP contribution in [0.25, 0.3) is 0 Å². The van der Waals surface area contributed by atoms with Gasteiger partial charge >= 0.3 is 0 Å². The average molecular weight is 442 g/mol. The summed E-state index contributed by atoms with van der Waals surface area (Å²) in [5.74, 6) is 0. The van der Waals surface area contributed by atoms with E-state index in [1.54, 1.807) is 6.07 Å². The molecular formula is C20H16BrN3O2S. The number of nitrogens with one attached hydrogen (secondary N) is 1.